The zero-order chi connectivity index (χ0) is 14.8. The SMILES string of the molecule is CNC(c1cccc(C2CCC2)c1)c1ccc(Cl)c(Br)c1. The van der Waals surface area contributed by atoms with Gasteiger partial charge < -0.3 is 5.32 Å². The molecule has 1 atom stereocenters. The minimum Gasteiger partial charge on any atom is -0.309 e. The van der Waals surface area contributed by atoms with Crippen LogP contribution in [-0.2, 0) is 0 Å². The molecule has 1 aliphatic rings. The molecule has 1 saturated carbocycles. The molecule has 110 valence electrons. The lowest BCUT2D eigenvalue weighted by Gasteiger charge is -2.27. The van der Waals surface area contributed by atoms with Gasteiger partial charge in [0, 0.05) is 4.47 Å². The van der Waals surface area contributed by atoms with Crippen molar-refractivity contribution < 1.29 is 0 Å². The van der Waals surface area contributed by atoms with E-state index < -0.39 is 0 Å². The highest BCUT2D eigenvalue weighted by atomic mass is 79.9. The van der Waals surface area contributed by atoms with Gasteiger partial charge in [-0.1, -0.05) is 48.4 Å². The minimum atomic E-state index is 0.193. The van der Waals surface area contributed by atoms with Gasteiger partial charge in [-0.25, -0.2) is 0 Å². The Morgan fingerprint density at radius 2 is 1.90 bits per heavy atom. The van der Waals surface area contributed by atoms with Crippen LogP contribution in [0.15, 0.2) is 46.9 Å². The molecule has 3 heteroatoms. The highest BCUT2D eigenvalue weighted by Gasteiger charge is 2.21. The van der Waals surface area contributed by atoms with Gasteiger partial charge in [0.05, 0.1) is 11.1 Å². The number of halogens is 2. The van der Waals surface area contributed by atoms with Crippen LogP contribution in [-0.4, -0.2) is 7.05 Å². The van der Waals surface area contributed by atoms with Crippen molar-refractivity contribution in [3.8, 4) is 0 Å². The molecule has 1 fully saturated rings. The van der Waals surface area contributed by atoms with E-state index in [1.54, 1.807) is 0 Å². The summed E-state index contributed by atoms with van der Waals surface area (Å²) in [4.78, 5) is 0. The van der Waals surface area contributed by atoms with Gasteiger partial charge in [0.15, 0.2) is 0 Å². The predicted molar refractivity (Wildman–Crippen MR) is 93.1 cm³/mol. The number of rotatable bonds is 4. The summed E-state index contributed by atoms with van der Waals surface area (Å²) in [6.45, 7) is 0. The van der Waals surface area contributed by atoms with E-state index in [9.17, 15) is 0 Å². The third-order valence-corrected chi connectivity index (χ3v) is 5.60. The lowest BCUT2D eigenvalue weighted by molar-refractivity contribution is 0.419. The number of benzene rings is 2. The quantitative estimate of drug-likeness (QED) is 0.736. The monoisotopic (exact) mass is 363 g/mol. The first-order valence-corrected chi connectivity index (χ1v) is 8.58. The van der Waals surface area contributed by atoms with Gasteiger partial charge in [-0.05, 0) is 70.6 Å². The van der Waals surface area contributed by atoms with Crippen molar-refractivity contribution in [3.63, 3.8) is 0 Å². The second-order valence-electron chi connectivity index (χ2n) is 5.69. The zero-order valence-electron chi connectivity index (χ0n) is 12.1. The van der Waals surface area contributed by atoms with Gasteiger partial charge >= 0.3 is 0 Å². The van der Waals surface area contributed by atoms with Crippen molar-refractivity contribution in [2.24, 2.45) is 0 Å². The van der Waals surface area contributed by atoms with Crippen LogP contribution in [0.25, 0.3) is 0 Å². The molecule has 0 aliphatic heterocycles. The second-order valence-corrected chi connectivity index (χ2v) is 6.95. The Bertz CT molecular complexity index is 637. The van der Waals surface area contributed by atoms with E-state index in [0.29, 0.717) is 0 Å². The first-order chi connectivity index (χ1) is 10.2. The Morgan fingerprint density at radius 1 is 1.14 bits per heavy atom. The summed E-state index contributed by atoms with van der Waals surface area (Å²) >= 11 is 9.61. The molecule has 0 radical (unpaired) electrons. The first kappa shape index (κ1) is 15.1. The van der Waals surface area contributed by atoms with Crippen molar-refractivity contribution in [3.05, 3.63) is 68.7 Å². The molecule has 2 aromatic rings. The third-order valence-electron chi connectivity index (χ3n) is 4.39. The van der Waals surface area contributed by atoms with E-state index >= 15 is 0 Å². The molecule has 0 amide bonds. The average molecular weight is 365 g/mol. The smallest absolute Gasteiger partial charge is 0.0574 e. The molecule has 1 unspecified atom stereocenters. The molecule has 1 aliphatic carbocycles. The molecule has 1 N–H and O–H groups in total. The normalized spacial score (nSPS) is 16.5. The van der Waals surface area contributed by atoms with Crippen LogP contribution in [0.4, 0.5) is 0 Å². The van der Waals surface area contributed by atoms with E-state index in [2.05, 4.69) is 57.6 Å². The summed E-state index contributed by atoms with van der Waals surface area (Å²) in [6, 6.07) is 15.3. The fourth-order valence-corrected chi connectivity index (χ4v) is 3.47. The summed E-state index contributed by atoms with van der Waals surface area (Å²) < 4.78 is 0.942. The Morgan fingerprint density at radius 3 is 2.52 bits per heavy atom. The molecule has 3 rings (SSSR count). The Labute approximate surface area is 139 Å². The van der Waals surface area contributed by atoms with E-state index in [1.165, 1.54) is 36.0 Å². The average Bonchev–Trinajstić information content (AvgIpc) is 2.42. The van der Waals surface area contributed by atoms with Gasteiger partial charge in [-0.3, -0.25) is 0 Å². The molecule has 0 bridgehead atoms. The third kappa shape index (κ3) is 3.18. The fraction of sp³-hybridized carbons (Fsp3) is 0.333. The van der Waals surface area contributed by atoms with Gasteiger partial charge in [-0.15, -0.1) is 0 Å². The van der Waals surface area contributed by atoms with Crippen LogP contribution in [0.2, 0.25) is 5.02 Å². The maximum atomic E-state index is 6.10. The van der Waals surface area contributed by atoms with Crippen molar-refractivity contribution in [2.75, 3.05) is 7.05 Å². The summed E-state index contributed by atoms with van der Waals surface area (Å²) in [7, 11) is 2.00. The maximum Gasteiger partial charge on any atom is 0.0574 e. The summed E-state index contributed by atoms with van der Waals surface area (Å²) in [5.41, 5.74) is 4.02. The Hall–Kier alpha value is -0.830. The van der Waals surface area contributed by atoms with Crippen LogP contribution in [0.5, 0.6) is 0 Å². The predicted octanol–water partition coefficient (Wildman–Crippen LogP) is 5.68. The lowest BCUT2D eigenvalue weighted by Crippen LogP contribution is -2.18. The molecule has 0 saturated heterocycles. The molecule has 2 aromatic carbocycles. The van der Waals surface area contributed by atoms with Gasteiger partial charge in [0.2, 0.25) is 0 Å². The molecular weight excluding hydrogens is 346 g/mol. The number of hydrogen-bond acceptors (Lipinski definition) is 1. The lowest BCUT2D eigenvalue weighted by atomic mass is 9.79. The number of hydrogen-bond donors (Lipinski definition) is 1. The van der Waals surface area contributed by atoms with Crippen LogP contribution < -0.4 is 5.32 Å². The molecule has 0 spiro atoms. The molecular formula is C18H19BrClN. The van der Waals surface area contributed by atoms with E-state index in [-0.39, 0.29) is 6.04 Å². The highest BCUT2D eigenvalue weighted by Crippen LogP contribution is 2.37. The molecule has 21 heavy (non-hydrogen) atoms. The summed E-state index contributed by atoms with van der Waals surface area (Å²) in [5.74, 6) is 0.763. The Balaban J connectivity index is 1.93. The van der Waals surface area contributed by atoms with Gasteiger partial charge in [0.25, 0.3) is 0 Å². The summed E-state index contributed by atoms with van der Waals surface area (Å²) in [5, 5.41) is 4.17. The number of nitrogens with one attached hydrogen (secondary N) is 1. The van der Waals surface area contributed by atoms with E-state index in [1.807, 2.05) is 13.1 Å². The standard InChI is InChI=1S/C18H19BrClN/c1-21-18(15-8-9-17(20)16(19)11-15)14-7-3-6-13(10-14)12-4-2-5-12/h3,6-12,18,21H,2,4-5H2,1H3. The van der Waals surface area contributed by atoms with E-state index in [4.69, 9.17) is 11.6 Å². The van der Waals surface area contributed by atoms with Crippen LogP contribution in [0.3, 0.4) is 0 Å². The van der Waals surface area contributed by atoms with Crippen molar-refractivity contribution in [1.82, 2.24) is 5.32 Å². The Kier molecular flexibility index (Phi) is 4.68. The van der Waals surface area contributed by atoms with Crippen LogP contribution >= 0.6 is 27.5 Å². The molecule has 1 nitrogen and oxygen atoms in total. The van der Waals surface area contributed by atoms with Crippen molar-refractivity contribution in [1.29, 1.82) is 0 Å². The summed E-state index contributed by atoms with van der Waals surface area (Å²) in [6.07, 6.45) is 4.04. The second kappa shape index (κ2) is 6.51. The van der Waals surface area contributed by atoms with E-state index in [0.717, 1.165) is 15.4 Å². The molecule has 0 heterocycles. The van der Waals surface area contributed by atoms with Crippen LogP contribution in [0, 0.1) is 0 Å². The first-order valence-electron chi connectivity index (χ1n) is 7.41. The van der Waals surface area contributed by atoms with Crippen LogP contribution in [0.1, 0.15) is 47.9 Å². The topological polar surface area (TPSA) is 12.0 Å². The van der Waals surface area contributed by atoms with Crippen molar-refractivity contribution >= 4 is 27.5 Å². The molecule has 0 aromatic heterocycles. The van der Waals surface area contributed by atoms with Gasteiger partial charge in [-0.2, -0.15) is 0 Å². The largest absolute Gasteiger partial charge is 0.309 e. The fourth-order valence-electron chi connectivity index (χ4n) is 2.95. The minimum absolute atomic E-state index is 0.193. The highest BCUT2D eigenvalue weighted by molar-refractivity contribution is 9.10. The maximum absolute atomic E-state index is 6.10. The van der Waals surface area contributed by atoms with Gasteiger partial charge in [0.1, 0.15) is 0 Å². The zero-order valence-corrected chi connectivity index (χ0v) is 14.4. The van der Waals surface area contributed by atoms with Crippen molar-refractivity contribution in [2.45, 2.75) is 31.2 Å².